The van der Waals surface area contributed by atoms with E-state index in [1.807, 2.05) is 13.8 Å². The van der Waals surface area contributed by atoms with Gasteiger partial charge in [0.25, 0.3) is 0 Å². The topological polar surface area (TPSA) is 127 Å². The number of nitrogens with zero attached hydrogens (tertiary/aromatic N) is 3. The summed E-state index contributed by atoms with van der Waals surface area (Å²) in [6.45, 7) is 3.93. The van der Waals surface area contributed by atoms with Crippen molar-refractivity contribution in [3.63, 3.8) is 0 Å². The molecule has 1 atom stereocenters. The summed E-state index contributed by atoms with van der Waals surface area (Å²) in [5.41, 5.74) is 0. The van der Waals surface area contributed by atoms with Crippen molar-refractivity contribution in [1.29, 1.82) is 0 Å². The summed E-state index contributed by atoms with van der Waals surface area (Å²) in [7, 11) is 0. The second kappa shape index (κ2) is 7.36. The molecular formula is C12H18N4O5. The number of rotatable bonds is 8. The fraction of sp³-hybridized carbons (Fsp3) is 0.583. The normalized spacial score (nSPS) is 12.1. The number of amides is 1. The molecule has 21 heavy (non-hydrogen) atoms. The Bertz CT molecular complexity index is 525. The van der Waals surface area contributed by atoms with E-state index in [2.05, 4.69) is 10.3 Å². The number of carboxylic acid groups (broad SMARTS) is 1. The largest absolute Gasteiger partial charge is 0.480 e. The number of carbonyl (C=O) groups excluding carboxylic acids is 1. The first-order valence-corrected chi connectivity index (χ1v) is 6.48. The molecule has 0 saturated carbocycles. The van der Waals surface area contributed by atoms with Crippen molar-refractivity contribution in [2.75, 3.05) is 0 Å². The maximum Gasteiger partial charge on any atom is 0.381 e. The molecule has 9 heteroatoms. The van der Waals surface area contributed by atoms with E-state index in [-0.39, 0.29) is 24.7 Å². The van der Waals surface area contributed by atoms with Gasteiger partial charge in [-0.15, -0.1) is 0 Å². The summed E-state index contributed by atoms with van der Waals surface area (Å²) in [6, 6.07) is -0.922. The van der Waals surface area contributed by atoms with Crippen molar-refractivity contribution >= 4 is 17.7 Å². The van der Waals surface area contributed by atoms with Gasteiger partial charge in [0.05, 0.1) is 0 Å². The Kier molecular flexibility index (Phi) is 5.82. The maximum absolute atomic E-state index is 11.7. The molecule has 9 nitrogen and oxygen atoms in total. The van der Waals surface area contributed by atoms with Crippen molar-refractivity contribution < 1.29 is 19.6 Å². The number of hydrogen-bond acceptors (Lipinski definition) is 5. The maximum atomic E-state index is 11.7. The second-order valence-electron chi connectivity index (χ2n) is 5.06. The first-order valence-electron chi connectivity index (χ1n) is 6.48. The van der Waals surface area contributed by atoms with E-state index < -0.39 is 22.8 Å². The van der Waals surface area contributed by atoms with E-state index in [4.69, 9.17) is 5.11 Å². The minimum Gasteiger partial charge on any atom is -0.480 e. The van der Waals surface area contributed by atoms with Gasteiger partial charge in [0.15, 0.2) is 0 Å². The highest BCUT2D eigenvalue weighted by molar-refractivity contribution is 5.83. The number of aryl methyl sites for hydroxylation is 1. The third kappa shape index (κ3) is 5.59. The van der Waals surface area contributed by atoms with Gasteiger partial charge in [-0.05, 0) is 22.2 Å². The van der Waals surface area contributed by atoms with Gasteiger partial charge in [-0.3, -0.25) is 4.79 Å². The number of carbonyl (C=O) groups is 2. The van der Waals surface area contributed by atoms with E-state index in [1.165, 1.54) is 17.1 Å². The lowest BCUT2D eigenvalue weighted by Crippen LogP contribution is -2.41. The lowest BCUT2D eigenvalue weighted by atomic mass is 10.0. The first-order chi connectivity index (χ1) is 9.79. The van der Waals surface area contributed by atoms with Crippen molar-refractivity contribution in [1.82, 2.24) is 14.9 Å². The molecule has 116 valence electrons. The zero-order chi connectivity index (χ0) is 16.0. The molecule has 1 heterocycles. The van der Waals surface area contributed by atoms with Crippen LogP contribution in [0, 0.1) is 16.0 Å². The Morgan fingerprint density at radius 3 is 2.67 bits per heavy atom. The van der Waals surface area contributed by atoms with E-state index >= 15 is 0 Å². The van der Waals surface area contributed by atoms with Crippen molar-refractivity contribution in [3.05, 3.63) is 22.6 Å². The van der Waals surface area contributed by atoms with Crippen LogP contribution in [0.3, 0.4) is 0 Å². The zero-order valence-electron chi connectivity index (χ0n) is 11.9. The van der Waals surface area contributed by atoms with Gasteiger partial charge in [-0.2, -0.15) is 0 Å². The molecule has 1 rings (SSSR count). The molecule has 1 unspecified atom stereocenters. The molecule has 0 aliphatic rings. The van der Waals surface area contributed by atoms with Gasteiger partial charge < -0.3 is 25.1 Å². The predicted molar refractivity (Wildman–Crippen MR) is 72.5 cm³/mol. The summed E-state index contributed by atoms with van der Waals surface area (Å²) in [5, 5.41) is 21.9. The summed E-state index contributed by atoms with van der Waals surface area (Å²) in [6.07, 6.45) is 2.84. The van der Waals surface area contributed by atoms with Crippen LogP contribution in [0.4, 0.5) is 5.82 Å². The highest BCUT2D eigenvalue weighted by Gasteiger charge is 2.21. The van der Waals surface area contributed by atoms with E-state index in [1.54, 1.807) is 0 Å². The fourth-order valence-electron chi connectivity index (χ4n) is 1.75. The van der Waals surface area contributed by atoms with Crippen LogP contribution in [-0.2, 0) is 16.1 Å². The lowest BCUT2D eigenvalue weighted by molar-refractivity contribution is -0.389. The fourth-order valence-corrected chi connectivity index (χ4v) is 1.75. The van der Waals surface area contributed by atoms with Crippen LogP contribution in [0.1, 0.15) is 26.7 Å². The van der Waals surface area contributed by atoms with Crippen LogP contribution in [0.2, 0.25) is 0 Å². The Morgan fingerprint density at radius 2 is 2.19 bits per heavy atom. The molecule has 1 aromatic rings. The molecule has 0 spiro atoms. The van der Waals surface area contributed by atoms with E-state index in [0.717, 1.165) is 0 Å². The molecule has 0 fully saturated rings. The molecule has 1 aromatic heterocycles. The Hall–Kier alpha value is -2.45. The molecule has 1 amide bonds. The first kappa shape index (κ1) is 16.6. The summed E-state index contributed by atoms with van der Waals surface area (Å²) in [5.74, 6) is -1.64. The molecule has 0 saturated heterocycles. The third-order valence-corrected chi connectivity index (χ3v) is 2.74. The van der Waals surface area contributed by atoms with Gasteiger partial charge in [0.1, 0.15) is 12.2 Å². The minimum atomic E-state index is -1.07. The van der Waals surface area contributed by atoms with Gasteiger partial charge >= 0.3 is 11.8 Å². The van der Waals surface area contributed by atoms with Crippen LogP contribution in [0.25, 0.3) is 0 Å². The van der Waals surface area contributed by atoms with Crippen LogP contribution in [0.5, 0.6) is 0 Å². The quantitative estimate of drug-likeness (QED) is 0.539. The molecule has 0 aromatic carbocycles. The predicted octanol–water partition coefficient (Wildman–Crippen LogP) is 0.797. The highest BCUT2D eigenvalue weighted by atomic mass is 16.6. The van der Waals surface area contributed by atoms with Crippen LogP contribution < -0.4 is 5.32 Å². The number of nitro groups is 1. The molecule has 0 radical (unpaired) electrons. The molecular weight excluding hydrogens is 280 g/mol. The van der Waals surface area contributed by atoms with Crippen molar-refractivity contribution in [3.8, 4) is 0 Å². The third-order valence-electron chi connectivity index (χ3n) is 2.74. The Labute approximate surface area is 121 Å². The standard InChI is InChI=1S/C12H18N4O5/c1-8(2)5-9(12(18)19)14-11(17)3-4-15-6-10(13-7-15)16(20)21/h6-9H,3-5H2,1-2H3,(H,14,17)(H,18,19). The van der Waals surface area contributed by atoms with Gasteiger partial charge in [0, 0.05) is 13.0 Å². The molecule has 0 bridgehead atoms. The van der Waals surface area contributed by atoms with Gasteiger partial charge in [0.2, 0.25) is 12.2 Å². The smallest absolute Gasteiger partial charge is 0.381 e. The van der Waals surface area contributed by atoms with Crippen LogP contribution in [0.15, 0.2) is 12.5 Å². The average molecular weight is 298 g/mol. The number of nitrogens with one attached hydrogen (secondary N) is 1. The number of aliphatic carboxylic acids is 1. The van der Waals surface area contributed by atoms with E-state index in [9.17, 15) is 19.7 Å². The lowest BCUT2D eigenvalue weighted by Gasteiger charge is -2.16. The Balaban J connectivity index is 2.48. The monoisotopic (exact) mass is 298 g/mol. The van der Waals surface area contributed by atoms with E-state index in [0.29, 0.717) is 6.42 Å². The Morgan fingerprint density at radius 1 is 1.52 bits per heavy atom. The number of aromatic nitrogens is 2. The highest BCUT2D eigenvalue weighted by Crippen LogP contribution is 2.07. The summed E-state index contributed by atoms with van der Waals surface area (Å²) in [4.78, 5) is 36.1. The number of imidazole rings is 1. The molecule has 2 N–H and O–H groups in total. The van der Waals surface area contributed by atoms with Crippen molar-refractivity contribution in [2.45, 2.75) is 39.3 Å². The summed E-state index contributed by atoms with van der Waals surface area (Å²) < 4.78 is 1.41. The second-order valence-corrected chi connectivity index (χ2v) is 5.06. The minimum absolute atomic E-state index is 0.0232. The molecule has 0 aliphatic heterocycles. The SMILES string of the molecule is CC(C)CC(NC(=O)CCn1cnc([N+](=O)[O-])c1)C(=O)O. The van der Waals surface area contributed by atoms with Crippen molar-refractivity contribution in [2.24, 2.45) is 5.92 Å². The van der Waals surface area contributed by atoms with Crippen LogP contribution >= 0.6 is 0 Å². The van der Waals surface area contributed by atoms with Gasteiger partial charge in [-0.1, -0.05) is 13.8 Å². The average Bonchev–Trinajstić information content (AvgIpc) is 2.83. The number of hydrogen-bond donors (Lipinski definition) is 2. The zero-order valence-corrected chi connectivity index (χ0v) is 11.9. The summed E-state index contributed by atoms with van der Waals surface area (Å²) >= 11 is 0. The molecule has 0 aliphatic carbocycles. The number of carboxylic acids is 1. The van der Waals surface area contributed by atoms with Gasteiger partial charge in [-0.25, -0.2) is 4.79 Å². The van der Waals surface area contributed by atoms with Crippen LogP contribution in [-0.4, -0.2) is 37.5 Å².